The average molecular weight is 758 g/mol. The van der Waals surface area contributed by atoms with Gasteiger partial charge >= 0.3 is 6.03 Å². The SMILES string of the molecule is C#CCCC(NC(=O)[C@@H]1C2C(CN1C(=O)[C@@H](NC(=O)NC1(CS(=O)(=O)C(C)(C)CC)CCCCC1)C1CCCCC1)C2(C)C)C(=O)C(=O)NCC1CC1. The van der Waals surface area contributed by atoms with Gasteiger partial charge in [-0.25, -0.2) is 13.2 Å². The lowest BCUT2D eigenvalue weighted by molar-refractivity contribution is -0.144. The molecule has 5 fully saturated rings. The number of terminal acetylenes is 1. The Kier molecular flexibility index (Phi) is 12.6. The Morgan fingerprint density at radius 3 is 2.19 bits per heavy atom. The quantitative estimate of drug-likeness (QED) is 0.136. The van der Waals surface area contributed by atoms with Crippen molar-refractivity contribution in [1.29, 1.82) is 0 Å². The van der Waals surface area contributed by atoms with Gasteiger partial charge in [0.05, 0.1) is 22.1 Å². The van der Waals surface area contributed by atoms with Crippen LogP contribution in [0.25, 0.3) is 0 Å². The van der Waals surface area contributed by atoms with Gasteiger partial charge in [-0.05, 0) is 94.3 Å². The number of hydrogen-bond donors (Lipinski definition) is 4. The van der Waals surface area contributed by atoms with Crippen molar-refractivity contribution in [3.8, 4) is 12.3 Å². The molecule has 5 amide bonds. The van der Waals surface area contributed by atoms with E-state index in [0.717, 1.165) is 64.2 Å². The molecule has 0 radical (unpaired) electrons. The second-order valence-electron chi connectivity index (χ2n) is 17.9. The summed E-state index contributed by atoms with van der Waals surface area (Å²) < 4.78 is 26.3. The topological polar surface area (TPSA) is 171 Å². The summed E-state index contributed by atoms with van der Waals surface area (Å²) in [5, 5.41) is 11.6. The highest BCUT2D eigenvalue weighted by Crippen LogP contribution is 2.65. The predicted molar refractivity (Wildman–Crippen MR) is 203 cm³/mol. The number of carbonyl (C=O) groups excluding carboxylic acids is 5. The summed E-state index contributed by atoms with van der Waals surface area (Å²) in [4.78, 5) is 70.6. The van der Waals surface area contributed by atoms with E-state index in [1.54, 1.807) is 18.7 Å². The fourth-order valence-electron chi connectivity index (χ4n) is 9.13. The van der Waals surface area contributed by atoms with Crippen LogP contribution in [-0.4, -0.2) is 90.1 Å². The number of hydrogen-bond acceptors (Lipinski definition) is 7. The van der Waals surface area contributed by atoms with Crippen molar-refractivity contribution in [1.82, 2.24) is 26.2 Å². The summed E-state index contributed by atoms with van der Waals surface area (Å²) >= 11 is 0. The maximum atomic E-state index is 14.7. The molecule has 12 nitrogen and oxygen atoms in total. The Balaban J connectivity index is 1.36. The number of fused-ring (bicyclic) bond motifs is 1. The molecule has 1 saturated heterocycles. The van der Waals surface area contributed by atoms with Gasteiger partial charge in [-0.15, -0.1) is 12.3 Å². The van der Waals surface area contributed by atoms with Crippen LogP contribution < -0.4 is 21.3 Å². The number of amides is 5. The number of nitrogens with zero attached hydrogens (tertiary/aromatic N) is 1. The van der Waals surface area contributed by atoms with E-state index in [1.165, 1.54) is 0 Å². The van der Waals surface area contributed by atoms with Crippen molar-refractivity contribution in [2.45, 2.75) is 159 Å². The molecule has 0 bridgehead atoms. The largest absolute Gasteiger partial charge is 0.349 e. The minimum Gasteiger partial charge on any atom is -0.349 e. The molecule has 4 aliphatic carbocycles. The fourth-order valence-corrected chi connectivity index (χ4v) is 11.0. The zero-order valence-electron chi connectivity index (χ0n) is 32.6. The molecule has 5 rings (SSSR count). The van der Waals surface area contributed by atoms with E-state index < -0.39 is 61.9 Å². The first-order valence-corrected chi connectivity index (χ1v) is 21.8. The number of rotatable bonds is 16. The number of Topliss-reactive ketones (excluding diaryl/α,β-unsaturated/α-hetero) is 1. The molecule has 4 N–H and O–H groups in total. The lowest BCUT2D eigenvalue weighted by Crippen LogP contribution is -2.63. The third-order valence-electron chi connectivity index (χ3n) is 13.5. The van der Waals surface area contributed by atoms with Crippen molar-refractivity contribution in [2.24, 2.45) is 29.1 Å². The van der Waals surface area contributed by atoms with Crippen molar-refractivity contribution >= 4 is 39.4 Å². The molecule has 13 heteroatoms. The molecular formula is C40H63N5O7S. The zero-order valence-corrected chi connectivity index (χ0v) is 33.4. The average Bonchev–Trinajstić information content (AvgIpc) is 3.99. The van der Waals surface area contributed by atoms with E-state index in [2.05, 4.69) is 41.0 Å². The monoisotopic (exact) mass is 757 g/mol. The Labute approximate surface area is 316 Å². The first kappa shape index (κ1) is 41.0. The maximum absolute atomic E-state index is 14.7. The summed E-state index contributed by atoms with van der Waals surface area (Å²) in [7, 11) is -3.58. The van der Waals surface area contributed by atoms with E-state index in [9.17, 15) is 32.4 Å². The second kappa shape index (κ2) is 16.3. The van der Waals surface area contributed by atoms with Crippen LogP contribution in [0.15, 0.2) is 0 Å². The lowest BCUT2D eigenvalue weighted by atomic mass is 9.82. The van der Waals surface area contributed by atoms with E-state index in [1.807, 2.05) is 6.92 Å². The third kappa shape index (κ3) is 9.22. The summed E-state index contributed by atoms with van der Waals surface area (Å²) in [6, 6.07) is -3.50. The zero-order chi connectivity index (χ0) is 38.8. The molecule has 0 aromatic rings. The third-order valence-corrected chi connectivity index (χ3v) is 16.4. The molecule has 0 aromatic heterocycles. The van der Waals surface area contributed by atoms with E-state index in [-0.39, 0.29) is 47.7 Å². The molecule has 1 aliphatic heterocycles. The molecule has 296 valence electrons. The molecule has 53 heavy (non-hydrogen) atoms. The standard InChI is InChI=1S/C40H63N5O7S/c1-7-9-18-29(33(46)35(48)41-23-26-19-20-26)42-34(47)32-30-28(39(30,5)6)24-45(32)36(49)31(27-16-12-10-13-17-27)43-37(50)44-40(21-14-11-15-22-40)25-53(51,52)38(3,4)8-2/h1,26-32H,8-25H2,2-6H3,(H,41,48)(H,42,47)(H2,43,44,50)/t28?,29?,30?,31-,32-/m0/s1. The fraction of sp³-hybridized carbons (Fsp3) is 0.825. The van der Waals surface area contributed by atoms with Crippen molar-refractivity contribution in [3.63, 3.8) is 0 Å². The minimum absolute atomic E-state index is 0.0577. The van der Waals surface area contributed by atoms with Gasteiger partial charge in [-0.2, -0.15) is 0 Å². The Morgan fingerprint density at radius 2 is 1.58 bits per heavy atom. The normalized spacial score (nSPS) is 26.3. The van der Waals surface area contributed by atoms with Crippen LogP contribution in [0.1, 0.15) is 131 Å². The highest BCUT2D eigenvalue weighted by molar-refractivity contribution is 7.92. The van der Waals surface area contributed by atoms with Gasteiger partial charge in [0.25, 0.3) is 5.91 Å². The molecular weight excluding hydrogens is 695 g/mol. The Hall–Kier alpha value is -3.14. The van der Waals surface area contributed by atoms with Gasteiger partial charge in [0.15, 0.2) is 9.84 Å². The van der Waals surface area contributed by atoms with E-state index in [4.69, 9.17) is 6.42 Å². The summed E-state index contributed by atoms with van der Waals surface area (Å²) in [5.41, 5.74) is -1.16. The number of likely N-dealkylation sites (tertiary alicyclic amines) is 1. The van der Waals surface area contributed by atoms with Crippen LogP contribution in [0.3, 0.4) is 0 Å². The number of nitrogens with one attached hydrogen (secondary N) is 4. The molecule has 5 atom stereocenters. The van der Waals surface area contributed by atoms with Crippen molar-refractivity contribution < 1.29 is 32.4 Å². The first-order chi connectivity index (χ1) is 25.0. The Morgan fingerprint density at radius 1 is 0.943 bits per heavy atom. The van der Waals surface area contributed by atoms with E-state index >= 15 is 0 Å². The van der Waals surface area contributed by atoms with Crippen LogP contribution >= 0.6 is 0 Å². The number of piperidine rings is 1. The van der Waals surface area contributed by atoms with Crippen LogP contribution in [0.2, 0.25) is 0 Å². The Bertz CT molecular complexity index is 1550. The van der Waals surface area contributed by atoms with Crippen LogP contribution in [0, 0.1) is 41.4 Å². The van der Waals surface area contributed by atoms with Crippen LogP contribution in [0.4, 0.5) is 4.79 Å². The van der Waals surface area contributed by atoms with E-state index in [0.29, 0.717) is 38.3 Å². The summed E-state index contributed by atoms with van der Waals surface area (Å²) in [6.45, 7) is 10.2. The van der Waals surface area contributed by atoms with Gasteiger partial charge in [-0.3, -0.25) is 19.2 Å². The number of sulfone groups is 1. The first-order valence-electron chi connectivity index (χ1n) is 20.1. The number of urea groups is 1. The van der Waals surface area contributed by atoms with Gasteiger partial charge in [0, 0.05) is 19.5 Å². The number of carbonyl (C=O) groups is 5. The summed E-state index contributed by atoms with van der Waals surface area (Å²) in [5.74, 6) is 0.103. The van der Waals surface area contributed by atoms with Crippen molar-refractivity contribution in [3.05, 3.63) is 0 Å². The van der Waals surface area contributed by atoms with Gasteiger partial charge < -0.3 is 26.2 Å². The van der Waals surface area contributed by atoms with Gasteiger partial charge in [0.1, 0.15) is 12.1 Å². The maximum Gasteiger partial charge on any atom is 0.315 e. The van der Waals surface area contributed by atoms with Crippen LogP contribution in [-0.2, 0) is 29.0 Å². The molecule has 5 aliphatic rings. The smallest absolute Gasteiger partial charge is 0.315 e. The van der Waals surface area contributed by atoms with Gasteiger partial charge in [-0.1, -0.05) is 59.3 Å². The molecule has 3 unspecified atom stereocenters. The molecule has 0 aromatic carbocycles. The molecule has 0 spiro atoms. The lowest BCUT2D eigenvalue weighted by Gasteiger charge is -2.41. The van der Waals surface area contributed by atoms with Gasteiger partial charge in [0.2, 0.25) is 17.6 Å². The second-order valence-corrected chi connectivity index (χ2v) is 20.5. The molecule has 1 heterocycles. The highest BCUT2D eigenvalue weighted by Gasteiger charge is 2.70. The minimum atomic E-state index is -3.58. The molecule has 4 saturated carbocycles. The number of ketones is 1. The predicted octanol–water partition coefficient (Wildman–Crippen LogP) is 4.02. The van der Waals surface area contributed by atoms with Crippen molar-refractivity contribution in [2.75, 3.05) is 18.8 Å². The summed E-state index contributed by atoms with van der Waals surface area (Å²) in [6.07, 6.45) is 16.2. The highest BCUT2D eigenvalue weighted by atomic mass is 32.2. The van der Waals surface area contributed by atoms with Crippen LogP contribution in [0.5, 0.6) is 0 Å².